The summed E-state index contributed by atoms with van der Waals surface area (Å²) in [6.45, 7) is 8.63. The van der Waals surface area contributed by atoms with E-state index in [0.29, 0.717) is 49.4 Å². The lowest BCUT2D eigenvalue weighted by Crippen LogP contribution is -2.29. The quantitative estimate of drug-likeness (QED) is 0.309. The molecule has 0 atom stereocenters. The van der Waals surface area contributed by atoms with Crippen LogP contribution in [0.25, 0.3) is 5.69 Å². The highest BCUT2D eigenvalue weighted by molar-refractivity contribution is 6.00. The number of rotatable bonds is 10. The van der Waals surface area contributed by atoms with Crippen molar-refractivity contribution in [1.82, 2.24) is 24.6 Å². The van der Waals surface area contributed by atoms with Gasteiger partial charge >= 0.3 is 0 Å². The molecule has 0 fully saturated rings. The highest BCUT2D eigenvalue weighted by Crippen LogP contribution is 2.37. The number of ketones is 1. The van der Waals surface area contributed by atoms with Crippen molar-refractivity contribution >= 4 is 17.4 Å². The number of aryl methyl sites for hydroxylation is 1. The summed E-state index contributed by atoms with van der Waals surface area (Å²) in [4.78, 5) is 36.4. The van der Waals surface area contributed by atoms with E-state index in [4.69, 9.17) is 10.8 Å². The normalized spacial score (nSPS) is 14.2. The number of carbonyl (C=O) groups excluding carboxylic acids is 2. The third-order valence-corrected chi connectivity index (χ3v) is 7.20. The van der Waals surface area contributed by atoms with Gasteiger partial charge in [0.1, 0.15) is 0 Å². The summed E-state index contributed by atoms with van der Waals surface area (Å²) in [6.07, 6.45) is 4.84. The first kappa shape index (κ1) is 27.2. The third kappa shape index (κ3) is 6.10. The molecule has 1 aliphatic rings. The molecule has 0 saturated carbocycles. The van der Waals surface area contributed by atoms with Gasteiger partial charge < -0.3 is 11.1 Å². The molecule has 4 aromatic rings. The van der Waals surface area contributed by atoms with Gasteiger partial charge in [0.25, 0.3) is 5.91 Å². The molecule has 1 aliphatic carbocycles. The monoisotopic (exact) mass is 537 g/mol. The number of nitrogens with two attached hydrogens (primary N) is 1. The molecule has 0 unspecified atom stereocenters. The molecule has 5 rings (SSSR count). The summed E-state index contributed by atoms with van der Waals surface area (Å²) in [7, 11) is 0. The molecule has 0 saturated heterocycles. The van der Waals surface area contributed by atoms with Gasteiger partial charge in [-0.05, 0) is 61.2 Å². The van der Waals surface area contributed by atoms with E-state index in [1.807, 2.05) is 60.1 Å². The van der Waals surface area contributed by atoms with E-state index in [1.54, 1.807) is 18.5 Å². The molecule has 0 bridgehead atoms. The molecule has 9 heteroatoms. The van der Waals surface area contributed by atoms with Gasteiger partial charge in [0.2, 0.25) is 0 Å². The van der Waals surface area contributed by atoms with Crippen molar-refractivity contribution in [1.29, 1.82) is 0 Å². The maximum absolute atomic E-state index is 12.9. The fraction of sp³-hybridized carbons (Fsp3) is 0.323. The van der Waals surface area contributed by atoms with E-state index < -0.39 is 5.91 Å². The number of benzene rings is 1. The summed E-state index contributed by atoms with van der Waals surface area (Å²) >= 11 is 0. The van der Waals surface area contributed by atoms with Crippen LogP contribution in [0, 0.1) is 12.3 Å². The zero-order valence-corrected chi connectivity index (χ0v) is 23.2. The first-order chi connectivity index (χ1) is 19.2. The van der Waals surface area contributed by atoms with Crippen LogP contribution in [-0.2, 0) is 19.5 Å². The van der Waals surface area contributed by atoms with Crippen molar-refractivity contribution < 1.29 is 9.59 Å². The van der Waals surface area contributed by atoms with Gasteiger partial charge in [-0.15, -0.1) is 0 Å². The van der Waals surface area contributed by atoms with Crippen LogP contribution < -0.4 is 11.1 Å². The molecule has 1 aromatic carbocycles. The van der Waals surface area contributed by atoms with E-state index in [-0.39, 0.29) is 11.2 Å². The van der Waals surface area contributed by atoms with E-state index >= 15 is 0 Å². The Balaban J connectivity index is 1.38. The molecular formula is C31H35N7O2. The molecule has 3 N–H and O–H groups in total. The van der Waals surface area contributed by atoms with E-state index in [0.717, 1.165) is 34.9 Å². The summed E-state index contributed by atoms with van der Waals surface area (Å²) in [5.41, 5.74) is 11.7. The van der Waals surface area contributed by atoms with Gasteiger partial charge in [0.05, 0.1) is 39.6 Å². The Morgan fingerprint density at radius 3 is 2.30 bits per heavy atom. The Bertz CT molecular complexity index is 1470. The summed E-state index contributed by atoms with van der Waals surface area (Å²) in [5.74, 6) is -0.383. The van der Waals surface area contributed by atoms with E-state index in [2.05, 4.69) is 34.0 Å². The topological polar surface area (TPSA) is 119 Å². The van der Waals surface area contributed by atoms with Crippen molar-refractivity contribution in [2.24, 2.45) is 11.1 Å². The summed E-state index contributed by atoms with van der Waals surface area (Å²) in [5, 5.41) is 8.15. The number of nitrogens with one attached hydrogen (secondary N) is 1. The SMILES string of the molecule is Cc1nn(-c2ccc(C(N)=O)c(NCCN(Cc3ccccn3)Cc3ccccn3)c2)c2c1C(=O)CC(C)(C)C2. The second-order valence-electron chi connectivity index (χ2n) is 11.1. The minimum Gasteiger partial charge on any atom is -0.383 e. The van der Waals surface area contributed by atoms with Crippen molar-refractivity contribution in [2.75, 3.05) is 18.4 Å². The lowest BCUT2D eigenvalue weighted by atomic mass is 9.75. The minimum atomic E-state index is -0.511. The van der Waals surface area contributed by atoms with E-state index in [9.17, 15) is 9.59 Å². The third-order valence-electron chi connectivity index (χ3n) is 7.20. The van der Waals surface area contributed by atoms with Crippen LogP contribution in [0.2, 0.25) is 0 Å². The van der Waals surface area contributed by atoms with Crippen LogP contribution in [0.4, 0.5) is 5.69 Å². The van der Waals surface area contributed by atoms with Gasteiger partial charge in [-0.3, -0.25) is 24.5 Å². The molecular weight excluding hydrogens is 502 g/mol. The van der Waals surface area contributed by atoms with Gasteiger partial charge in [-0.25, -0.2) is 4.68 Å². The Labute approximate surface area is 234 Å². The van der Waals surface area contributed by atoms with Gasteiger partial charge in [-0.1, -0.05) is 26.0 Å². The number of fused-ring (bicyclic) bond motifs is 1. The number of pyridine rings is 2. The highest BCUT2D eigenvalue weighted by atomic mass is 16.1. The highest BCUT2D eigenvalue weighted by Gasteiger charge is 2.35. The number of anilines is 1. The number of hydrogen-bond acceptors (Lipinski definition) is 7. The summed E-state index contributed by atoms with van der Waals surface area (Å²) < 4.78 is 1.84. The van der Waals surface area contributed by atoms with Crippen LogP contribution in [0.1, 0.15) is 63.8 Å². The first-order valence-electron chi connectivity index (χ1n) is 13.5. The molecule has 9 nitrogen and oxygen atoms in total. The minimum absolute atomic E-state index is 0.128. The largest absolute Gasteiger partial charge is 0.383 e. The zero-order chi connectivity index (χ0) is 28.3. The average molecular weight is 538 g/mol. The van der Waals surface area contributed by atoms with Gasteiger partial charge in [0, 0.05) is 50.7 Å². The van der Waals surface area contributed by atoms with Gasteiger partial charge in [-0.2, -0.15) is 5.10 Å². The molecule has 0 spiro atoms. The fourth-order valence-corrected chi connectivity index (χ4v) is 5.38. The Kier molecular flexibility index (Phi) is 7.75. The fourth-order valence-electron chi connectivity index (χ4n) is 5.38. The number of aromatic nitrogens is 4. The summed E-state index contributed by atoms with van der Waals surface area (Å²) in [6, 6.07) is 17.2. The molecule has 206 valence electrons. The zero-order valence-electron chi connectivity index (χ0n) is 23.2. The maximum Gasteiger partial charge on any atom is 0.250 e. The van der Waals surface area contributed by atoms with Crippen LogP contribution >= 0.6 is 0 Å². The molecule has 3 heterocycles. The van der Waals surface area contributed by atoms with Crippen LogP contribution in [-0.4, -0.2) is 49.4 Å². The molecule has 0 radical (unpaired) electrons. The predicted molar refractivity (Wildman–Crippen MR) is 154 cm³/mol. The Morgan fingerprint density at radius 2 is 1.70 bits per heavy atom. The van der Waals surface area contributed by atoms with Crippen LogP contribution in [0.3, 0.4) is 0 Å². The lowest BCUT2D eigenvalue weighted by molar-refractivity contribution is 0.0909. The standard InChI is InChI=1S/C31H35N7O2/c1-21-29-27(17-31(2,3)18-28(29)39)38(36-21)24-10-11-25(30(32)40)26(16-24)35-14-15-37(19-22-8-4-6-12-33-22)20-23-9-5-7-13-34-23/h4-13,16,35H,14-15,17-20H2,1-3H3,(H2,32,40). The maximum atomic E-state index is 12.9. The number of carbonyl (C=O) groups is 2. The lowest BCUT2D eigenvalue weighted by Gasteiger charge is -2.29. The second kappa shape index (κ2) is 11.4. The number of nitrogens with zero attached hydrogens (tertiary/aromatic N) is 5. The van der Waals surface area contributed by atoms with Crippen molar-refractivity contribution in [3.8, 4) is 5.69 Å². The molecule has 3 aromatic heterocycles. The Morgan fingerprint density at radius 1 is 1.02 bits per heavy atom. The molecule has 1 amide bonds. The predicted octanol–water partition coefficient (Wildman–Crippen LogP) is 4.34. The smallest absolute Gasteiger partial charge is 0.250 e. The first-order valence-corrected chi connectivity index (χ1v) is 13.5. The van der Waals surface area contributed by atoms with E-state index in [1.165, 1.54) is 0 Å². The average Bonchev–Trinajstić information content (AvgIpc) is 3.24. The van der Waals surface area contributed by atoms with Crippen LogP contribution in [0.15, 0.2) is 67.0 Å². The van der Waals surface area contributed by atoms with Crippen molar-refractivity contribution in [2.45, 2.75) is 46.7 Å². The number of hydrogen-bond donors (Lipinski definition) is 2. The van der Waals surface area contributed by atoms with Crippen LogP contribution in [0.5, 0.6) is 0 Å². The van der Waals surface area contributed by atoms with Crippen molar-refractivity contribution in [3.05, 3.63) is 101 Å². The van der Waals surface area contributed by atoms with Gasteiger partial charge in [0.15, 0.2) is 5.78 Å². The number of primary amides is 1. The molecule has 40 heavy (non-hydrogen) atoms. The number of Topliss-reactive ketones (excluding diaryl/α,β-unsaturated/α-hetero) is 1. The Hall–Kier alpha value is -4.37. The van der Waals surface area contributed by atoms with Crippen molar-refractivity contribution in [3.63, 3.8) is 0 Å². The number of amides is 1. The second-order valence-corrected chi connectivity index (χ2v) is 11.1. The molecule has 0 aliphatic heterocycles.